The van der Waals surface area contributed by atoms with Crippen molar-refractivity contribution in [2.24, 2.45) is 0 Å². The molecule has 0 aliphatic rings. The van der Waals surface area contributed by atoms with Crippen molar-refractivity contribution in [3.05, 3.63) is 28.8 Å². The minimum atomic E-state index is -3.86. The molecule has 1 aromatic carbocycles. The van der Waals surface area contributed by atoms with Crippen LogP contribution < -0.4 is 15.4 Å². The van der Waals surface area contributed by atoms with E-state index in [1.165, 1.54) is 26.1 Å². The first-order chi connectivity index (χ1) is 12.1. The molecule has 0 aliphatic heterocycles. The summed E-state index contributed by atoms with van der Waals surface area (Å²) in [5.74, 6) is -1.95. The van der Waals surface area contributed by atoms with E-state index in [0.29, 0.717) is 6.54 Å². The van der Waals surface area contributed by atoms with Gasteiger partial charge in [0.2, 0.25) is 15.9 Å². The van der Waals surface area contributed by atoms with E-state index in [9.17, 15) is 22.8 Å². The third kappa shape index (κ3) is 5.97. The van der Waals surface area contributed by atoms with Crippen LogP contribution in [-0.4, -0.2) is 52.4 Å². The predicted octanol–water partition coefficient (Wildman–Crippen LogP) is 0.0457. The van der Waals surface area contributed by atoms with Crippen LogP contribution in [0.2, 0.25) is 5.02 Å². The van der Waals surface area contributed by atoms with Crippen molar-refractivity contribution in [1.29, 1.82) is 0 Å². The summed E-state index contributed by atoms with van der Waals surface area (Å²) in [6.45, 7) is 3.02. The highest BCUT2D eigenvalue weighted by Gasteiger charge is 2.20. The van der Waals surface area contributed by atoms with Crippen molar-refractivity contribution >= 4 is 39.4 Å². The van der Waals surface area contributed by atoms with Gasteiger partial charge in [0.15, 0.2) is 6.61 Å². The summed E-state index contributed by atoms with van der Waals surface area (Å²) in [5, 5.41) is 4.84. The molecule has 0 aliphatic carbocycles. The summed E-state index contributed by atoms with van der Waals surface area (Å²) in [7, 11) is -2.66. The predicted molar refractivity (Wildman–Crippen MR) is 94.3 cm³/mol. The van der Waals surface area contributed by atoms with Crippen LogP contribution in [-0.2, 0) is 24.3 Å². The van der Waals surface area contributed by atoms with E-state index in [1.807, 2.05) is 0 Å². The molecular weight excluding hydrogens is 386 g/mol. The van der Waals surface area contributed by atoms with Gasteiger partial charge in [0.1, 0.15) is 10.9 Å². The van der Waals surface area contributed by atoms with Gasteiger partial charge in [0, 0.05) is 6.54 Å². The normalized spacial score (nSPS) is 12.2. The molecule has 1 atom stereocenters. The number of carbonyl (C=O) groups excluding carboxylic acids is 3. The average molecular weight is 406 g/mol. The van der Waals surface area contributed by atoms with Gasteiger partial charge < -0.3 is 15.4 Å². The van der Waals surface area contributed by atoms with Crippen LogP contribution in [0, 0.1) is 0 Å². The first-order valence-corrected chi connectivity index (χ1v) is 9.45. The molecule has 26 heavy (non-hydrogen) atoms. The molecule has 0 radical (unpaired) electrons. The van der Waals surface area contributed by atoms with Crippen molar-refractivity contribution < 1.29 is 27.5 Å². The second-order valence-electron chi connectivity index (χ2n) is 5.11. The molecule has 9 nitrogen and oxygen atoms in total. The highest BCUT2D eigenvalue weighted by molar-refractivity contribution is 7.89. The van der Waals surface area contributed by atoms with Crippen molar-refractivity contribution in [3.63, 3.8) is 0 Å². The van der Waals surface area contributed by atoms with Crippen molar-refractivity contribution in [3.8, 4) is 0 Å². The maximum Gasteiger partial charge on any atom is 0.338 e. The van der Waals surface area contributed by atoms with Crippen LogP contribution in [0.25, 0.3) is 0 Å². The molecular formula is C15H20ClN3O6S. The Kier molecular flexibility index (Phi) is 8.00. The molecule has 2 amide bonds. The lowest BCUT2D eigenvalue weighted by atomic mass is 10.2. The Bertz CT molecular complexity index is 797. The zero-order chi connectivity index (χ0) is 19.9. The van der Waals surface area contributed by atoms with Crippen LogP contribution in [0.3, 0.4) is 0 Å². The minimum Gasteiger partial charge on any atom is -0.452 e. The number of halogens is 1. The molecule has 0 saturated carbocycles. The molecule has 0 saturated heterocycles. The van der Waals surface area contributed by atoms with E-state index in [4.69, 9.17) is 16.3 Å². The molecule has 144 valence electrons. The van der Waals surface area contributed by atoms with Crippen molar-refractivity contribution in [2.45, 2.75) is 24.8 Å². The molecule has 1 rings (SSSR count). The lowest BCUT2D eigenvalue weighted by Crippen LogP contribution is -2.46. The summed E-state index contributed by atoms with van der Waals surface area (Å²) < 4.78 is 30.6. The number of esters is 1. The Morgan fingerprint density at radius 1 is 1.27 bits per heavy atom. The Morgan fingerprint density at radius 2 is 1.92 bits per heavy atom. The zero-order valence-electron chi connectivity index (χ0n) is 14.5. The van der Waals surface area contributed by atoms with Gasteiger partial charge in [-0.15, -0.1) is 0 Å². The van der Waals surface area contributed by atoms with Crippen LogP contribution in [0.15, 0.2) is 23.1 Å². The lowest BCUT2D eigenvalue weighted by molar-refractivity contribution is -0.130. The van der Waals surface area contributed by atoms with Gasteiger partial charge in [-0.1, -0.05) is 11.6 Å². The Balaban J connectivity index is 2.73. The number of benzene rings is 1. The molecule has 0 bridgehead atoms. The van der Waals surface area contributed by atoms with E-state index >= 15 is 0 Å². The molecule has 11 heteroatoms. The fourth-order valence-electron chi connectivity index (χ4n) is 1.84. The maximum absolute atomic E-state index is 12.0. The molecule has 0 fully saturated rings. The molecule has 0 unspecified atom stereocenters. The third-order valence-electron chi connectivity index (χ3n) is 3.18. The van der Waals surface area contributed by atoms with Gasteiger partial charge >= 0.3 is 5.97 Å². The number of carbonyl (C=O) groups is 3. The summed E-state index contributed by atoms with van der Waals surface area (Å²) >= 11 is 5.83. The lowest BCUT2D eigenvalue weighted by Gasteiger charge is -2.13. The van der Waals surface area contributed by atoms with Gasteiger partial charge in [-0.3, -0.25) is 9.59 Å². The molecule has 0 spiro atoms. The molecule has 0 aromatic heterocycles. The van der Waals surface area contributed by atoms with E-state index in [2.05, 4.69) is 15.4 Å². The highest BCUT2D eigenvalue weighted by atomic mass is 35.5. The number of sulfonamides is 1. The third-order valence-corrected chi connectivity index (χ3v) is 5.08. The number of nitrogens with one attached hydrogen (secondary N) is 3. The summed E-state index contributed by atoms with van der Waals surface area (Å²) in [5.41, 5.74) is -0.0900. The number of hydrogen-bond donors (Lipinski definition) is 3. The number of rotatable bonds is 8. The first-order valence-electron chi connectivity index (χ1n) is 7.59. The number of hydrogen-bond acceptors (Lipinski definition) is 6. The Labute approximate surface area is 156 Å². The van der Waals surface area contributed by atoms with Gasteiger partial charge in [-0.05, 0) is 39.1 Å². The summed E-state index contributed by atoms with van der Waals surface area (Å²) in [6.07, 6.45) is 0. The van der Waals surface area contributed by atoms with Crippen LogP contribution in [0.1, 0.15) is 24.2 Å². The quantitative estimate of drug-likeness (QED) is 0.523. The minimum absolute atomic E-state index is 0.0654. The van der Waals surface area contributed by atoms with Crippen molar-refractivity contribution in [2.75, 3.05) is 20.2 Å². The number of amides is 2. The number of likely N-dealkylation sites (N-methyl/N-ethyl adjacent to an activating group) is 1. The van der Waals surface area contributed by atoms with Gasteiger partial charge in [-0.2, -0.15) is 0 Å². The second-order valence-corrected chi connectivity index (χ2v) is 7.37. The van der Waals surface area contributed by atoms with Crippen LogP contribution >= 0.6 is 11.6 Å². The zero-order valence-corrected chi connectivity index (χ0v) is 16.0. The summed E-state index contributed by atoms with van der Waals surface area (Å²) in [4.78, 5) is 35.0. The smallest absolute Gasteiger partial charge is 0.338 e. The first kappa shape index (κ1) is 21.9. The monoisotopic (exact) mass is 405 g/mol. The largest absolute Gasteiger partial charge is 0.452 e. The average Bonchev–Trinajstić information content (AvgIpc) is 2.60. The maximum atomic E-state index is 12.0. The Hall–Kier alpha value is -2.17. The van der Waals surface area contributed by atoms with E-state index in [-0.39, 0.29) is 21.4 Å². The van der Waals surface area contributed by atoms with Crippen LogP contribution in [0.5, 0.6) is 0 Å². The SMILES string of the molecule is CCNC(=O)[C@H](C)NC(=O)COC(=O)c1ccc(Cl)c(S(=O)(=O)NC)c1. The molecule has 1 aromatic rings. The number of ether oxygens (including phenoxy) is 1. The fraction of sp³-hybridized carbons (Fsp3) is 0.400. The van der Waals surface area contributed by atoms with Crippen molar-refractivity contribution in [1.82, 2.24) is 15.4 Å². The van der Waals surface area contributed by atoms with Gasteiger partial charge in [0.25, 0.3) is 5.91 Å². The second kappa shape index (κ2) is 9.51. The molecule has 0 heterocycles. The Morgan fingerprint density at radius 3 is 2.50 bits per heavy atom. The van der Waals surface area contributed by atoms with Gasteiger partial charge in [0.05, 0.1) is 10.6 Å². The van der Waals surface area contributed by atoms with Crippen LogP contribution in [0.4, 0.5) is 0 Å². The van der Waals surface area contributed by atoms with E-state index in [0.717, 1.165) is 6.07 Å². The summed E-state index contributed by atoms with van der Waals surface area (Å²) in [6, 6.07) is 2.77. The van der Waals surface area contributed by atoms with E-state index in [1.54, 1.807) is 6.92 Å². The fourth-order valence-corrected chi connectivity index (χ4v) is 3.09. The molecule has 3 N–H and O–H groups in total. The topological polar surface area (TPSA) is 131 Å². The van der Waals surface area contributed by atoms with Gasteiger partial charge in [-0.25, -0.2) is 17.9 Å². The standard InChI is InChI=1S/C15H20ClN3O6S/c1-4-18-14(21)9(2)19-13(20)8-25-15(22)10-5-6-11(16)12(7-10)26(23,24)17-3/h5-7,9,17H,4,8H2,1-3H3,(H,18,21)(H,19,20)/t9-/m0/s1. The highest BCUT2D eigenvalue weighted by Crippen LogP contribution is 2.22. The van der Waals surface area contributed by atoms with E-state index < -0.39 is 34.5 Å².